The van der Waals surface area contributed by atoms with Gasteiger partial charge in [0.15, 0.2) is 0 Å². The van der Waals surface area contributed by atoms with Crippen molar-refractivity contribution in [2.45, 2.75) is 26.8 Å². The van der Waals surface area contributed by atoms with E-state index in [1.165, 1.54) is 5.01 Å². The van der Waals surface area contributed by atoms with E-state index in [4.69, 9.17) is 4.74 Å². The smallest absolute Gasteiger partial charge is 0.429 e. The first-order chi connectivity index (χ1) is 8.89. The fourth-order valence-corrected chi connectivity index (χ4v) is 1.95. The number of amides is 2. The number of carbonyl (C=O) groups excluding carboxylic acids is 2. The maximum Gasteiger partial charge on any atom is 0.429 e. The fourth-order valence-electron chi connectivity index (χ4n) is 1.95. The molecule has 1 saturated heterocycles. The Bertz CT molecular complexity index is 479. The molecule has 5 nitrogen and oxygen atoms in total. The second-order valence-corrected chi connectivity index (χ2v) is 5.64. The molecule has 0 aromatic heterocycles. The third-order valence-electron chi connectivity index (χ3n) is 3.13. The Hall–Kier alpha value is -2.04. The molecule has 1 aromatic rings. The highest BCUT2D eigenvalue weighted by atomic mass is 16.6. The standard InChI is InChI=1S/C14H18N2O3/c1-14(2,3)11-9-19-13(18)16(11)15-12(17)10-7-5-4-6-8-10/h4-8,11H,9H2,1-3H3,(H,15,17). The molecule has 1 aliphatic heterocycles. The zero-order chi connectivity index (χ0) is 14.0. The number of ether oxygens (including phenoxy) is 1. The quantitative estimate of drug-likeness (QED) is 0.888. The third kappa shape index (κ3) is 2.86. The highest BCUT2D eigenvalue weighted by Gasteiger charge is 2.41. The third-order valence-corrected chi connectivity index (χ3v) is 3.13. The Labute approximate surface area is 112 Å². The molecule has 102 valence electrons. The molecule has 2 rings (SSSR count). The number of carbonyl (C=O) groups is 2. The van der Waals surface area contributed by atoms with Crippen LogP contribution in [0.5, 0.6) is 0 Å². The number of benzene rings is 1. The molecule has 0 radical (unpaired) electrons. The van der Waals surface area contributed by atoms with Gasteiger partial charge in [-0.05, 0) is 17.5 Å². The lowest BCUT2D eigenvalue weighted by Crippen LogP contribution is -2.52. The van der Waals surface area contributed by atoms with Gasteiger partial charge in [0.1, 0.15) is 6.61 Å². The number of hydrogen-bond donors (Lipinski definition) is 1. The van der Waals surface area contributed by atoms with E-state index in [1.807, 2.05) is 26.8 Å². The summed E-state index contributed by atoms with van der Waals surface area (Å²) >= 11 is 0. The minimum atomic E-state index is -0.510. The lowest BCUT2D eigenvalue weighted by atomic mass is 9.87. The second kappa shape index (κ2) is 4.91. The van der Waals surface area contributed by atoms with Crippen molar-refractivity contribution in [3.05, 3.63) is 35.9 Å². The van der Waals surface area contributed by atoms with Gasteiger partial charge in [0.25, 0.3) is 5.91 Å². The van der Waals surface area contributed by atoms with Gasteiger partial charge in [0.2, 0.25) is 0 Å². The SMILES string of the molecule is CC(C)(C)C1COC(=O)N1NC(=O)c1ccccc1. The van der Waals surface area contributed by atoms with Crippen molar-refractivity contribution in [1.82, 2.24) is 10.4 Å². The average molecular weight is 262 g/mol. The Morgan fingerprint density at radius 2 is 1.95 bits per heavy atom. The molecular formula is C14H18N2O3. The Morgan fingerprint density at radius 1 is 1.32 bits per heavy atom. The minimum Gasteiger partial charge on any atom is -0.446 e. The first-order valence-electron chi connectivity index (χ1n) is 6.21. The van der Waals surface area contributed by atoms with E-state index in [0.29, 0.717) is 5.56 Å². The van der Waals surface area contributed by atoms with E-state index >= 15 is 0 Å². The highest BCUT2D eigenvalue weighted by molar-refractivity contribution is 5.95. The number of nitrogens with zero attached hydrogens (tertiary/aromatic N) is 1. The molecule has 19 heavy (non-hydrogen) atoms. The van der Waals surface area contributed by atoms with Crippen molar-refractivity contribution < 1.29 is 14.3 Å². The normalized spacial score (nSPS) is 19.2. The molecule has 1 atom stereocenters. The zero-order valence-electron chi connectivity index (χ0n) is 11.3. The van der Waals surface area contributed by atoms with Gasteiger partial charge in [0, 0.05) is 5.56 Å². The molecule has 0 spiro atoms. The van der Waals surface area contributed by atoms with Gasteiger partial charge in [-0.2, -0.15) is 0 Å². The molecule has 2 amide bonds. The lowest BCUT2D eigenvalue weighted by Gasteiger charge is -2.31. The number of nitrogens with one attached hydrogen (secondary N) is 1. The van der Waals surface area contributed by atoms with Gasteiger partial charge in [-0.25, -0.2) is 9.80 Å². The molecule has 1 aromatic carbocycles. The summed E-state index contributed by atoms with van der Waals surface area (Å²) in [7, 11) is 0. The van der Waals surface area contributed by atoms with Crippen LogP contribution in [-0.4, -0.2) is 29.7 Å². The lowest BCUT2D eigenvalue weighted by molar-refractivity contribution is 0.0710. The van der Waals surface area contributed by atoms with Crippen molar-refractivity contribution in [3.8, 4) is 0 Å². The Kier molecular flexibility index (Phi) is 3.46. The van der Waals surface area contributed by atoms with Gasteiger partial charge in [-0.3, -0.25) is 10.2 Å². The summed E-state index contributed by atoms with van der Waals surface area (Å²) in [5.74, 6) is -0.311. The van der Waals surface area contributed by atoms with E-state index < -0.39 is 6.09 Å². The van der Waals surface area contributed by atoms with Crippen LogP contribution < -0.4 is 5.43 Å². The molecule has 5 heteroatoms. The number of hydrazine groups is 1. The van der Waals surface area contributed by atoms with Crippen LogP contribution >= 0.6 is 0 Å². The molecule has 1 fully saturated rings. The number of rotatable bonds is 2. The summed E-state index contributed by atoms with van der Waals surface area (Å²) in [4.78, 5) is 23.7. The molecule has 1 N–H and O–H groups in total. The summed E-state index contributed by atoms with van der Waals surface area (Å²) in [5.41, 5.74) is 2.96. The van der Waals surface area contributed by atoms with Gasteiger partial charge in [0.05, 0.1) is 6.04 Å². The van der Waals surface area contributed by atoms with E-state index in [0.717, 1.165) is 0 Å². The topological polar surface area (TPSA) is 58.6 Å². The first kappa shape index (κ1) is 13.4. The maximum absolute atomic E-state index is 12.1. The van der Waals surface area contributed by atoms with Crippen molar-refractivity contribution in [2.24, 2.45) is 5.41 Å². The minimum absolute atomic E-state index is 0.171. The Morgan fingerprint density at radius 3 is 2.53 bits per heavy atom. The second-order valence-electron chi connectivity index (χ2n) is 5.64. The van der Waals surface area contributed by atoms with Crippen LogP contribution in [0, 0.1) is 5.41 Å². The predicted octanol–water partition coefficient (Wildman–Crippen LogP) is 2.20. The van der Waals surface area contributed by atoms with Crippen molar-refractivity contribution in [3.63, 3.8) is 0 Å². The molecule has 1 aliphatic rings. The van der Waals surface area contributed by atoms with Crippen LogP contribution in [0.4, 0.5) is 4.79 Å². The van der Waals surface area contributed by atoms with Crippen LogP contribution in [0.2, 0.25) is 0 Å². The fraction of sp³-hybridized carbons (Fsp3) is 0.429. The first-order valence-corrected chi connectivity index (χ1v) is 6.21. The van der Waals surface area contributed by atoms with E-state index in [2.05, 4.69) is 5.43 Å². The largest absolute Gasteiger partial charge is 0.446 e. The molecule has 0 bridgehead atoms. The van der Waals surface area contributed by atoms with Crippen LogP contribution in [0.25, 0.3) is 0 Å². The maximum atomic E-state index is 12.1. The molecule has 0 saturated carbocycles. The molecule has 1 unspecified atom stereocenters. The van der Waals surface area contributed by atoms with Crippen LogP contribution in [-0.2, 0) is 4.74 Å². The van der Waals surface area contributed by atoms with Crippen molar-refractivity contribution in [1.29, 1.82) is 0 Å². The van der Waals surface area contributed by atoms with Gasteiger partial charge >= 0.3 is 6.09 Å². The summed E-state index contributed by atoms with van der Waals surface area (Å²) < 4.78 is 5.01. The zero-order valence-corrected chi connectivity index (χ0v) is 11.3. The molecule has 1 heterocycles. The van der Waals surface area contributed by atoms with E-state index in [-0.39, 0.29) is 24.0 Å². The van der Waals surface area contributed by atoms with E-state index in [1.54, 1.807) is 24.3 Å². The van der Waals surface area contributed by atoms with Gasteiger partial charge in [-0.1, -0.05) is 39.0 Å². The predicted molar refractivity (Wildman–Crippen MR) is 70.3 cm³/mol. The highest BCUT2D eigenvalue weighted by Crippen LogP contribution is 2.28. The van der Waals surface area contributed by atoms with Crippen LogP contribution in [0.3, 0.4) is 0 Å². The van der Waals surface area contributed by atoms with Crippen molar-refractivity contribution >= 4 is 12.0 Å². The van der Waals surface area contributed by atoms with E-state index in [9.17, 15) is 9.59 Å². The Balaban J connectivity index is 2.13. The average Bonchev–Trinajstić information content (AvgIpc) is 2.72. The number of hydrogen-bond acceptors (Lipinski definition) is 3. The summed E-state index contributed by atoms with van der Waals surface area (Å²) in [5, 5.41) is 1.29. The van der Waals surface area contributed by atoms with Crippen molar-refractivity contribution in [2.75, 3.05) is 6.61 Å². The monoisotopic (exact) mass is 262 g/mol. The number of cyclic esters (lactones) is 1. The van der Waals surface area contributed by atoms with Crippen LogP contribution in [0.1, 0.15) is 31.1 Å². The molecule has 0 aliphatic carbocycles. The van der Waals surface area contributed by atoms with Gasteiger partial charge in [-0.15, -0.1) is 0 Å². The molecular weight excluding hydrogens is 244 g/mol. The summed E-state index contributed by atoms with van der Waals surface area (Å²) in [6, 6.07) is 8.61. The van der Waals surface area contributed by atoms with Gasteiger partial charge < -0.3 is 4.74 Å². The van der Waals surface area contributed by atoms with Crippen LogP contribution in [0.15, 0.2) is 30.3 Å². The summed E-state index contributed by atoms with van der Waals surface area (Å²) in [6.07, 6.45) is -0.510. The summed E-state index contributed by atoms with van der Waals surface area (Å²) in [6.45, 7) is 6.29.